The molecule has 2 aromatic heterocycles. The van der Waals surface area contributed by atoms with Crippen molar-refractivity contribution in [1.29, 1.82) is 0 Å². The fourth-order valence-corrected chi connectivity index (χ4v) is 1.65. The molecule has 6 heteroatoms. The van der Waals surface area contributed by atoms with Crippen LogP contribution in [-0.4, -0.2) is 35.3 Å². The van der Waals surface area contributed by atoms with Gasteiger partial charge in [-0.05, 0) is 24.3 Å². The monoisotopic (exact) mass is 273 g/mol. The van der Waals surface area contributed by atoms with Crippen molar-refractivity contribution in [2.75, 3.05) is 13.6 Å². The second kappa shape index (κ2) is 6.51. The number of nitrogens with one attached hydrogen (secondary N) is 1. The third-order valence-electron chi connectivity index (χ3n) is 2.68. The maximum atomic E-state index is 12.0. The quantitative estimate of drug-likeness (QED) is 0.884. The van der Waals surface area contributed by atoms with Crippen molar-refractivity contribution < 1.29 is 14.0 Å². The lowest BCUT2D eigenvalue weighted by Gasteiger charge is -2.16. The summed E-state index contributed by atoms with van der Waals surface area (Å²) in [5.41, 5.74) is 0.453. The number of hydrogen-bond donors (Lipinski definition) is 1. The summed E-state index contributed by atoms with van der Waals surface area (Å²) in [5, 5.41) is 2.68. The topological polar surface area (TPSA) is 75.4 Å². The second-order valence-corrected chi connectivity index (χ2v) is 4.26. The molecular weight excluding hydrogens is 258 g/mol. The molecule has 20 heavy (non-hydrogen) atoms. The molecule has 0 atom stereocenters. The molecule has 2 amide bonds. The van der Waals surface area contributed by atoms with E-state index in [1.54, 1.807) is 43.8 Å². The van der Waals surface area contributed by atoms with Crippen molar-refractivity contribution in [2.45, 2.75) is 6.54 Å². The lowest BCUT2D eigenvalue weighted by Crippen LogP contribution is -2.38. The number of amides is 2. The molecule has 1 N–H and O–H groups in total. The highest BCUT2D eigenvalue weighted by atomic mass is 16.3. The van der Waals surface area contributed by atoms with Crippen LogP contribution in [0.4, 0.5) is 0 Å². The first-order chi connectivity index (χ1) is 9.66. The summed E-state index contributed by atoms with van der Waals surface area (Å²) in [6.07, 6.45) is 4.60. The first kappa shape index (κ1) is 13.8. The number of nitrogens with zero attached hydrogens (tertiary/aromatic N) is 2. The molecule has 0 aromatic carbocycles. The Morgan fingerprint density at radius 1 is 1.35 bits per heavy atom. The van der Waals surface area contributed by atoms with Crippen LogP contribution in [0, 0.1) is 0 Å². The van der Waals surface area contributed by atoms with Gasteiger partial charge in [0.25, 0.3) is 5.91 Å². The normalized spacial score (nSPS) is 10.1. The van der Waals surface area contributed by atoms with Crippen molar-refractivity contribution in [2.24, 2.45) is 0 Å². The first-order valence-corrected chi connectivity index (χ1v) is 6.11. The van der Waals surface area contributed by atoms with Crippen LogP contribution in [0.2, 0.25) is 0 Å². The maximum absolute atomic E-state index is 12.0. The number of furan rings is 1. The Kier molecular flexibility index (Phi) is 4.49. The Balaban J connectivity index is 1.83. The number of hydrogen-bond acceptors (Lipinski definition) is 4. The van der Waals surface area contributed by atoms with Gasteiger partial charge < -0.3 is 14.6 Å². The number of aromatic nitrogens is 1. The fourth-order valence-electron chi connectivity index (χ4n) is 1.65. The molecule has 104 valence electrons. The zero-order valence-corrected chi connectivity index (χ0v) is 11.1. The third-order valence-corrected chi connectivity index (χ3v) is 2.68. The predicted octanol–water partition coefficient (Wildman–Crippen LogP) is 1.06. The number of likely N-dealkylation sites (N-methyl/N-ethyl adjacent to an activating group) is 1. The van der Waals surface area contributed by atoms with Gasteiger partial charge in [-0.2, -0.15) is 0 Å². The van der Waals surface area contributed by atoms with Crippen LogP contribution < -0.4 is 5.32 Å². The zero-order valence-electron chi connectivity index (χ0n) is 11.1. The van der Waals surface area contributed by atoms with E-state index < -0.39 is 0 Å². The van der Waals surface area contributed by atoms with Crippen molar-refractivity contribution in [3.05, 3.63) is 54.2 Å². The molecule has 0 unspecified atom stereocenters. The Hall–Kier alpha value is -2.63. The molecule has 2 rings (SSSR count). The highest BCUT2D eigenvalue weighted by Gasteiger charge is 2.14. The fraction of sp³-hybridized carbons (Fsp3) is 0.214. The summed E-state index contributed by atoms with van der Waals surface area (Å²) < 4.78 is 5.10. The highest BCUT2D eigenvalue weighted by Crippen LogP contribution is 2.01. The van der Waals surface area contributed by atoms with E-state index in [2.05, 4.69) is 10.3 Å². The molecule has 0 saturated carbocycles. The van der Waals surface area contributed by atoms with E-state index in [-0.39, 0.29) is 18.4 Å². The van der Waals surface area contributed by atoms with Crippen LogP contribution >= 0.6 is 0 Å². The van der Waals surface area contributed by atoms with Crippen LogP contribution in [0.1, 0.15) is 16.1 Å². The lowest BCUT2D eigenvalue weighted by molar-refractivity contribution is -0.121. The van der Waals surface area contributed by atoms with Gasteiger partial charge in [-0.3, -0.25) is 14.6 Å². The Morgan fingerprint density at radius 2 is 2.20 bits per heavy atom. The minimum atomic E-state index is -0.249. The number of carbonyl (C=O) groups is 2. The van der Waals surface area contributed by atoms with Crippen molar-refractivity contribution in [3.63, 3.8) is 0 Å². The van der Waals surface area contributed by atoms with E-state index in [4.69, 9.17) is 4.42 Å². The van der Waals surface area contributed by atoms with Gasteiger partial charge in [0.2, 0.25) is 5.91 Å². The molecule has 0 aliphatic carbocycles. The molecule has 0 aliphatic rings. The van der Waals surface area contributed by atoms with Gasteiger partial charge in [-0.1, -0.05) is 0 Å². The molecule has 6 nitrogen and oxygen atoms in total. The first-order valence-electron chi connectivity index (χ1n) is 6.11. The van der Waals surface area contributed by atoms with Crippen molar-refractivity contribution in [1.82, 2.24) is 15.2 Å². The summed E-state index contributed by atoms with van der Waals surface area (Å²) in [6, 6.07) is 6.86. The molecule has 0 fully saturated rings. The van der Waals surface area contributed by atoms with Gasteiger partial charge >= 0.3 is 0 Å². The average molecular weight is 273 g/mol. The SMILES string of the molecule is CN(CC(=O)NCc1ccco1)C(=O)c1cccnc1. The number of pyridine rings is 1. The maximum Gasteiger partial charge on any atom is 0.255 e. The molecule has 0 radical (unpaired) electrons. The van der Waals surface area contributed by atoms with Gasteiger partial charge in [0.1, 0.15) is 5.76 Å². The summed E-state index contributed by atoms with van der Waals surface area (Å²) >= 11 is 0. The molecular formula is C14H15N3O3. The third kappa shape index (κ3) is 3.68. The van der Waals surface area contributed by atoms with E-state index in [1.807, 2.05) is 0 Å². The van der Waals surface area contributed by atoms with E-state index >= 15 is 0 Å². The largest absolute Gasteiger partial charge is 0.467 e. The molecule has 0 saturated heterocycles. The molecule has 0 bridgehead atoms. The van der Waals surface area contributed by atoms with Gasteiger partial charge in [0.15, 0.2) is 0 Å². The predicted molar refractivity (Wildman–Crippen MR) is 71.8 cm³/mol. The summed E-state index contributed by atoms with van der Waals surface area (Å²) in [4.78, 5) is 28.9. The molecule has 2 heterocycles. The standard InChI is InChI=1S/C14H15N3O3/c1-17(14(19)11-4-2-6-15-8-11)10-13(18)16-9-12-5-3-7-20-12/h2-8H,9-10H2,1H3,(H,16,18). The van der Waals surface area contributed by atoms with Crippen LogP contribution in [0.25, 0.3) is 0 Å². The minimum Gasteiger partial charge on any atom is -0.467 e. The lowest BCUT2D eigenvalue weighted by atomic mass is 10.2. The summed E-state index contributed by atoms with van der Waals surface area (Å²) in [5.74, 6) is 0.173. The van der Waals surface area contributed by atoms with Crippen molar-refractivity contribution in [3.8, 4) is 0 Å². The van der Waals surface area contributed by atoms with E-state index in [9.17, 15) is 9.59 Å². The number of carbonyl (C=O) groups excluding carboxylic acids is 2. The van der Waals surface area contributed by atoms with Gasteiger partial charge in [-0.15, -0.1) is 0 Å². The summed E-state index contributed by atoms with van der Waals surface area (Å²) in [7, 11) is 1.57. The minimum absolute atomic E-state index is 0.0194. The number of rotatable bonds is 5. The second-order valence-electron chi connectivity index (χ2n) is 4.26. The van der Waals surface area contributed by atoms with Crippen LogP contribution in [0.15, 0.2) is 47.3 Å². The van der Waals surface area contributed by atoms with Gasteiger partial charge in [0, 0.05) is 19.4 Å². The van der Waals surface area contributed by atoms with Crippen molar-refractivity contribution >= 4 is 11.8 Å². The van der Waals surface area contributed by atoms with E-state index in [1.165, 1.54) is 11.1 Å². The van der Waals surface area contributed by atoms with Crippen LogP contribution in [0.5, 0.6) is 0 Å². The summed E-state index contributed by atoms with van der Waals surface area (Å²) in [6.45, 7) is 0.287. The highest BCUT2D eigenvalue weighted by molar-refractivity contribution is 5.96. The molecule has 2 aromatic rings. The Bertz CT molecular complexity index is 567. The van der Waals surface area contributed by atoms with Crippen LogP contribution in [0.3, 0.4) is 0 Å². The Labute approximate surface area is 116 Å². The smallest absolute Gasteiger partial charge is 0.255 e. The van der Waals surface area contributed by atoms with E-state index in [0.29, 0.717) is 17.9 Å². The average Bonchev–Trinajstić information content (AvgIpc) is 2.98. The van der Waals surface area contributed by atoms with Gasteiger partial charge in [-0.25, -0.2) is 0 Å². The Morgan fingerprint density at radius 3 is 2.85 bits per heavy atom. The van der Waals surface area contributed by atoms with Gasteiger partial charge in [0.05, 0.1) is 24.9 Å². The van der Waals surface area contributed by atoms with E-state index in [0.717, 1.165) is 0 Å². The molecule has 0 aliphatic heterocycles. The van der Waals surface area contributed by atoms with Crippen LogP contribution in [-0.2, 0) is 11.3 Å². The molecule has 0 spiro atoms. The zero-order chi connectivity index (χ0) is 14.4.